The summed E-state index contributed by atoms with van der Waals surface area (Å²) in [6.07, 6.45) is 1.06. The summed E-state index contributed by atoms with van der Waals surface area (Å²) < 4.78 is 13.5. The van der Waals surface area contributed by atoms with Gasteiger partial charge < -0.3 is 5.32 Å². The van der Waals surface area contributed by atoms with Gasteiger partial charge in [0.1, 0.15) is 5.82 Å². The fourth-order valence-electron chi connectivity index (χ4n) is 2.09. The number of hydrogen-bond acceptors (Lipinski definition) is 2. The van der Waals surface area contributed by atoms with Crippen molar-refractivity contribution in [3.8, 4) is 0 Å². The molecule has 0 aliphatic rings. The predicted octanol–water partition coefficient (Wildman–Crippen LogP) is 4.28. The zero-order chi connectivity index (χ0) is 13.0. The molecule has 0 aliphatic carbocycles. The van der Waals surface area contributed by atoms with Gasteiger partial charge in [-0.1, -0.05) is 13.0 Å². The van der Waals surface area contributed by atoms with Crippen molar-refractivity contribution in [2.24, 2.45) is 0 Å². The largest absolute Gasteiger partial charge is 0.306 e. The summed E-state index contributed by atoms with van der Waals surface area (Å²) in [7, 11) is 0. The van der Waals surface area contributed by atoms with Crippen LogP contribution >= 0.6 is 11.3 Å². The monoisotopic (exact) mass is 263 g/mol. The Balaban J connectivity index is 2.33. The minimum Gasteiger partial charge on any atom is -0.306 e. The van der Waals surface area contributed by atoms with E-state index >= 15 is 0 Å². The van der Waals surface area contributed by atoms with Gasteiger partial charge in [-0.2, -0.15) is 11.3 Å². The topological polar surface area (TPSA) is 12.0 Å². The van der Waals surface area contributed by atoms with Crippen LogP contribution in [0, 0.1) is 12.7 Å². The van der Waals surface area contributed by atoms with Crippen molar-refractivity contribution in [1.29, 1.82) is 0 Å². The molecule has 0 saturated carbocycles. The molecule has 3 heteroatoms. The lowest BCUT2D eigenvalue weighted by Gasteiger charge is -2.18. The van der Waals surface area contributed by atoms with Crippen LogP contribution in [0.5, 0.6) is 0 Å². The Kier molecular flexibility index (Phi) is 4.50. The average Bonchev–Trinajstić information content (AvgIpc) is 2.82. The SMILES string of the molecule is CCCNC(c1ccsc1)c1cc(C)cc(F)c1. The zero-order valence-corrected chi connectivity index (χ0v) is 11.6. The number of rotatable bonds is 5. The van der Waals surface area contributed by atoms with Gasteiger partial charge in [0.05, 0.1) is 6.04 Å². The van der Waals surface area contributed by atoms with Crippen molar-refractivity contribution >= 4 is 11.3 Å². The van der Waals surface area contributed by atoms with Gasteiger partial charge in [0.15, 0.2) is 0 Å². The first-order valence-corrected chi connectivity index (χ1v) is 7.17. The molecule has 0 radical (unpaired) electrons. The molecule has 1 aromatic carbocycles. The maximum Gasteiger partial charge on any atom is 0.123 e. The molecule has 1 N–H and O–H groups in total. The van der Waals surface area contributed by atoms with Crippen molar-refractivity contribution in [2.75, 3.05) is 6.54 Å². The van der Waals surface area contributed by atoms with Gasteiger partial charge in [-0.15, -0.1) is 0 Å². The first-order chi connectivity index (χ1) is 8.70. The molecule has 2 aromatic rings. The van der Waals surface area contributed by atoms with Gasteiger partial charge in [-0.3, -0.25) is 0 Å². The molecule has 18 heavy (non-hydrogen) atoms. The summed E-state index contributed by atoms with van der Waals surface area (Å²) in [5.41, 5.74) is 3.17. The van der Waals surface area contributed by atoms with Crippen LogP contribution in [-0.2, 0) is 0 Å². The van der Waals surface area contributed by atoms with E-state index in [-0.39, 0.29) is 11.9 Å². The lowest BCUT2D eigenvalue weighted by molar-refractivity contribution is 0.585. The maximum atomic E-state index is 13.5. The normalized spacial score (nSPS) is 12.6. The van der Waals surface area contributed by atoms with Crippen molar-refractivity contribution < 1.29 is 4.39 Å². The van der Waals surface area contributed by atoms with E-state index in [0.717, 1.165) is 24.1 Å². The smallest absolute Gasteiger partial charge is 0.123 e. The van der Waals surface area contributed by atoms with Gasteiger partial charge in [-0.05, 0) is 65.5 Å². The summed E-state index contributed by atoms with van der Waals surface area (Å²) in [5, 5.41) is 7.66. The van der Waals surface area contributed by atoms with Gasteiger partial charge in [-0.25, -0.2) is 4.39 Å². The molecule has 0 amide bonds. The Labute approximate surface area is 112 Å². The Morgan fingerprint density at radius 2 is 2.11 bits per heavy atom. The number of thiophene rings is 1. The number of aryl methyl sites for hydroxylation is 1. The molecule has 1 aromatic heterocycles. The number of halogens is 1. The minimum absolute atomic E-state index is 0.0885. The minimum atomic E-state index is -0.163. The zero-order valence-electron chi connectivity index (χ0n) is 10.7. The standard InChI is InChI=1S/C15H18FNS/c1-3-5-17-15(12-4-6-18-10-12)13-7-11(2)8-14(16)9-13/h4,6-10,15,17H,3,5H2,1-2H3. The first kappa shape index (κ1) is 13.2. The lowest BCUT2D eigenvalue weighted by Crippen LogP contribution is -2.23. The molecule has 1 nitrogen and oxygen atoms in total. The Bertz CT molecular complexity index is 473. The van der Waals surface area contributed by atoms with E-state index in [1.165, 1.54) is 5.56 Å². The highest BCUT2D eigenvalue weighted by Crippen LogP contribution is 2.25. The Morgan fingerprint density at radius 3 is 2.72 bits per heavy atom. The fraction of sp³-hybridized carbons (Fsp3) is 0.333. The van der Waals surface area contributed by atoms with Crippen LogP contribution in [0.4, 0.5) is 4.39 Å². The Morgan fingerprint density at radius 1 is 1.28 bits per heavy atom. The van der Waals surface area contributed by atoms with Gasteiger partial charge >= 0.3 is 0 Å². The average molecular weight is 263 g/mol. The van der Waals surface area contributed by atoms with Gasteiger partial charge in [0.25, 0.3) is 0 Å². The molecular formula is C15H18FNS. The second-order valence-corrected chi connectivity index (χ2v) is 5.29. The van der Waals surface area contributed by atoms with Crippen LogP contribution in [-0.4, -0.2) is 6.54 Å². The highest BCUT2D eigenvalue weighted by molar-refractivity contribution is 7.08. The summed E-state index contributed by atoms with van der Waals surface area (Å²) >= 11 is 1.67. The van der Waals surface area contributed by atoms with Crippen molar-refractivity contribution in [3.05, 3.63) is 57.5 Å². The highest BCUT2D eigenvalue weighted by atomic mass is 32.1. The van der Waals surface area contributed by atoms with Crippen LogP contribution < -0.4 is 5.32 Å². The first-order valence-electron chi connectivity index (χ1n) is 6.23. The summed E-state index contributed by atoms with van der Waals surface area (Å²) in [5.74, 6) is -0.163. The summed E-state index contributed by atoms with van der Waals surface area (Å²) in [4.78, 5) is 0. The summed E-state index contributed by atoms with van der Waals surface area (Å²) in [6, 6.07) is 7.42. The molecule has 0 saturated heterocycles. The van der Waals surface area contributed by atoms with E-state index in [4.69, 9.17) is 0 Å². The van der Waals surface area contributed by atoms with E-state index in [0.29, 0.717) is 0 Å². The molecule has 1 atom stereocenters. The van der Waals surface area contributed by atoms with Crippen LogP contribution in [0.2, 0.25) is 0 Å². The molecular weight excluding hydrogens is 245 g/mol. The maximum absolute atomic E-state index is 13.5. The molecule has 0 fully saturated rings. The third kappa shape index (κ3) is 3.18. The predicted molar refractivity (Wildman–Crippen MR) is 75.6 cm³/mol. The van der Waals surface area contributed by atoms with E-state index in [9.17, 15) is 4.39 Å². The third-order valence-electron chi connectivity index (χ3n) is 2.87. The molecule has 2 rings (SSSR count). The van der Waals surface area contributed by atoms with Crippen LogP contribution in [0.3, 0.4) is 0 Å². The second kappa shape index (κ2) is 6.12. The van der Waals surface area contributed by atoms with E-state index < -0.39 is 0 Å². The highest BCUT2D eigenvalue weighted by Gasteiger charge is 2.14. The molecule has 1 heterocycles. The number of hydrogen-bond donors (Lipinski definition) is 1. The third-order valence-corrected chi connectivity index (χ3v) is 3.57. The molecule has 0 aliphatic heterocycles. The van der Waals surface area contributed by atoms with Crippen molar-refractivity contribution in [3.63, 3.8) is 0 Å². The van der Waals surface area contributed by atoms with Crippen LogP contribution in [0.25, 0.3) is 0 Å². The number of nitrogens with one attached hydrogen (secondary N) is 1. The Hall–Kier alpha value is -1.19. The van der Waals surface area contributed by atoms with Crippen molar-refractivity contribution in [1.82, 2.24) is 5.32 Å². The fourth-order valence-corrected chi connectivity index (χ4v) is 2.77. The molecule has 0 bridgehead atoms. The van der Waals surface area contributed by atoms with Crippen LogP contribution in [0.1, 0.15) is 36.1 Å². The molecule has 1 unspecified atom stereocenters. The number of benzene rings is 1. The van der Waals surface area contributed by atoms with E-state index in [2.05, 4.69) is 29.1 Å². The molecule has 0 spiro atoms. The lowest BCUT2D eigenvalue weighted by atomic mass is 9.99. The van der Waals surface area contributed by atoms with Crippen molar-refractivity contribution in [2.45, 2.75) is 26.3 Å². The van der Waals surface area contributed by atoms with Gasteiger partial charge in [0.2, 0.25) is 0 Å². The molecule has 96 valence electrons. The summed E-state index contributed by atoms with van der Waals surface area (Å²) in [6.45, 7) is 4.99. The van der Waals surface area contributed by atoms with Crippen LogP contribution in [0.15, 0.2) is 35.0 Å². The van der Waals surface area contributed by atoms with E-state index in [1.54, 1.807) is 23.5 Å². The van der Waals surface area contributed by atoms with E-state index in [1.807, 2.05) is 13.0 Å². The van der Waals surface area contributed by atoms with Gasteiger partial charge in [0, 0.05) is 0 Å². The second-order valence-electron chi connectivity index (χ2n) is 4.51. The quantitative estimate of drug-likeness (QED) is 0.848.